The molecule has 0 saturated carbocycles. The molecule has 0 aliphatic carbocycles. The maximum Gasteiger partial charge on any atom is 0.211 e. The fourth-order valence-corrected chi connectivity index (χ4v) is 2.57. The minimum Gasteiger partial charge on any atom is -0.383 e. The van der Waals surface area contributed by atoms with Crippen molar-refractivity contribution in [2.45, 2.75) is 25.8 Å². The summed E-state index contributed by atoms with van der Waals surface area (Å²) in [5.74, 6) is 0.161. The van der Waals surface area contributed by atoms with Crippen molar-refractivity contribution in [1.29, 1.82) is 0 Å². The van der Waals surface area contributed by atoms with Gasteiger partial charge in [-0.2, -0.15) is 0 Å². The fraction of sp³-hybridized carbons (Fsp3) is 1.00. The summed E-state index contributed by atoms with van der Waals surface area (Å²) < 4.78 is 30.7. The van der Waals surface area contributed by atoms with E-state index < -0.39 is 10.0 Å². The first-order valence-electron chi connectivity index (χ1n) is 5.19. The number of ether oxygens (including phenoxy) is 1. The summed E-state index contributed by atoms with van der Waals surface area (Å²) >= 11 is 0. The van der Waals surface area contributed by atoms with Crippen LogP contribution in [-0.4, -0.2) is 47.5 Å². The Balaban J connectivity index is 3.99. The Hall–Kier alpha value is -0.170. The van der Waals surface area contributed by atoms with Crippen LogP contribution in [0.5, 0.6) is 0 Å². The van der Waals surface area contributed by atoms with Crippen molar-refractivity contribution in [3.05, 3.63) is 0 Å². The molecule has 1 atom stereocenters. The standard InChI is InChI=1S/C9H22N2O3S/c1-4-9(8-14-3)11-15(12,13)7-5-6-10-2/h9-11H,4-8H2,1-3H3. The lowest BCUT2D eigenvalue weighted by atomic mass is 10.3. The molecule has 0 rings (SSSR count). The third-order valence-corrected chi connectivity index (χ3v) is 3.57. The zero-order chi connectivity index (χ0) is 11.7. The number of hydrogen-bond donors (Lipinski definition) is 2. The average Bonchev–Trinajstić information content (AvgIpc) is 2.17. The zero-order valence-electron chi connectivity index (χ0n) is 9.75. The van der Waals surface area contributed by atoms with Gasteiger partial charge in [-0.1, -0.05) is 6.92 Å². The van der Waals surface area contributed by atoms with Crippen LogP contribution in [-0.2, 0) is 14.8 Å². The van der Waals surface area contributed by atoms with Crippen LogP contribution in [0.2, 0.25) is 0 Å². The van der Waals surface area contributed by atoms with Crippen LogP contribution in [0.3, 0.4) is 0 Å². The van der Waals surface area contributed by atoms with E-state index >= 15 is 0 Å². The molecule has 0 aliphatic heterocycles. The Morgan fingerprint density at radius 3 is 2.53 bits per heavy atom. The molecule has 0 spiro atoms. The molecule has 0 radical (unpaired) electrons. The molecule has 0 bridgehead atoms. The maximum atomic E-state index is 11.6. The van der Waals surface area contributed by atoms with Crippen LogP contribution >= 0.6 is 0 Å². The molecule has 0 aromatic carbocycles. The molecular formula is C9H22N2O3S. The molecule has 0 aromatic heterocycles. The van der Waals surface area contributed by atoms with E-state index in [4.69, 9.17) is 4.74 Å². The summed E-state index contributed by atoms with van der Waals surface area (Å²) in [5.41, 5.74) is 0. The predicted octanol–water partition coefficient (Wildman–Crippen LogP) is -0.0597. The summed E-state index contributed by atoms with van der Waals surface area (Å²) in [7, 11) is 0.215. The molecule has 0 amide bonds. The number of methoxy groups -OCH3 is 1. The van der Waals surface area contributed by atoms with Crippen molar-refractivity contribution in [2.24, 2.45) is 0 Å². The zero-order valence-corrected chi connectivity index (χ0v) is 10.6. The van der Waals surface area contributed by atoms with Crippen LogP contribution in [0, 0.1) is 0 Å². The molecule has 2 N–H and O–H groups in total. The highest BCUT2D eigenvalue weighted by Gasteiger charge is 2.15. The van der Waals surface area contributed by atoms with Gasteiger partial charge in [0.25, 0.3) is 0 Å². The van der Waals surface area contributed by atoms with Crippen LogP contribution in [0.4, 0.5) is 0 Å². The monoisotopic (exact) mass is 238 g/mol. The highest BCUT2D eigenvalue weighted by atomic mass is 32.2. The van der Waals surface area contributed by atoms with Gasteiger partial charge in [0.05, 0.1) is 12.4 Å². The molecule has 0 heterocycles. The van der Waals surface area contributed by atoms with Gasteiger partial charge in [0, 0.05) is 13.2 Å². The SMILES string of the molecule is CCC(COC)NS(=O)(=O)CCCNC. The van der Waals surface area contributed by atoms with E-state index in [9.17, 15) is 8.42 Å². The quantitative estimate of drug-likeness (QED) is 0.552. The van der Waals surface area contributed by atoms with Gasteiger partial charge in [0.2, 0.25) is 10.0 Å². The largest absolute Gasteiger partial charge is 0.383 e. The van der Waals surface area contributed by atoms with Crippen molar-refractivity contribution in [2.75, 3.05) is 33.1 Å². The number of hydrogen-bond acceptors (Lipinski definition) is 4. The molecule has 0 fully saturated rings. The second-order valence-corrected chi connectivity index (χ2v) is 5.33. The molecule has 6 heteroatoms. The van der Waals surface area contributed by atoms with Gasteiger partial charge in [-0.25, -0.2) is 13.1 Å². The topological polar surface area (TPSA) is 67.4 Å². The van der Waals surface area contributed by atoms with Crippen molar-refractivity contribution < 1.29 is 13.2 Å². The molecule has 1 unspecified atom stereocenters. The Morgan fingerprint density at radius 1 is 1.40 bits per heavy atom. The predicted molar refractivity (Wildman–Crippen MR) is 61.4 cm³/mol. The van der Waals surface area contributed by atoms with Crippen molar-refractivity contribution in [1.82, 2.24) is 10.0 Å². The summed E-state index contributed by atoms with van der Waals surface area (Å²) in [6.45, 7) is 3.06. The lowest BCUT2D eigenvalue weighted by Crippen LogP contribution is -2.39. The first-order chi connectivity index (χ1) is 7.05. The van der Waals surface area contributed by atoms with Gasteiger partial charge in [0.1, 0.15) is 0 Å². The Morgan fingerprint density at radius 2 is 2.07 bits per heavy atom. The molecule has 0 aromatic rings. The highest BCUT2D eigenvalue weighted by Crippen LogP contribution is 1.97. The van der Waals surface area contributed by atoms with E-state index in [0.29, 0.717) is 19.6 Å². The van der Waals surface area contributed by atoms with Crippen LogP contribution in [0.25, 0.3) is 0 Å². The normalized spacial score (nSPS) is 14.1. The fourth-order valence-electron chi connectivity index (χ4n) is 1.19. The molecule has 0 aliphatic rings. The number of sulfonamides is 1. The number of rotatable bonds is 9. The molecule has 92 valence electrons. The van der Waals surface area contributed by atoms with Crippen LogP contribution in [0.1, 0.15) is 19.8 Å². The highest BCUT2D eigenvalue weighted by molar-refractivity contribution is 7.89. The van der Waals surface area contributed by atoms with Gasteiger partial charge in [0.15, 0.2) is 0 Å². The van der Waals surface area contributed by atoms with Gasteiger partial charge in [-0.3, -0.25) is 0 Å². The van der Waals surface area contributed by atoms with E-state index in [2.05, 4.69) is 10.0 Å². The van der Waals surface area contributed by atoms with Crippen LogP contribution < -0.4 is 10.0 Å². The Labute approximate surface area is 92.6 Å². The van der Waals surface area contributed by atoms with Crippen molar-refractivity contribution in [3.8, 4) is 0 Å². The van der Waals surface area contributed by atoms with Gasteiger partial charge in [-0.15, -0.1) is 0 Å². The van der Waals surface area contributed by atoms with E-state index in [0.717, 1.165) is 6.42 Å². The summed E-state index contributed by atoms with van der Waals surface area (Å²) in [6.07, 6.45) is 1.36. The van der Waals surface area contributed by atoms with E-state index in [-0.39, 0.29) is 11.8 Å². The third kappa shape index (κ3) is 7.72. The van der Waals surface area contributed by atoms with Gasteiger partial charge in [-0.05, 0) is 26.4 Å². The van der Waals surface area contributed by atoms with Gasteiger partial charge < -0.3 is 10.1 Å². The van der Waals surface area contributed by atoms with Gasteiger partial charge >= 0.3 is 0 Å². The maximum absolute atomic E-state index is 11.6. The lowest BCUT2D eigenvalue weighted by molar-refractivity contribution is 0.173. The summed E-state index contributed by atoms with van der Waals surface area (Å²) in [6, 6.07) is -0.116. The summed E-state index contributed by atoms with van der Waals surface area (Å²) in [4.78, 5) is 0. The molecule has 15 heavy (non-hydrogen) atoms. The first kappa shape index (κ1) is 14.8. The second-order valence-electron chi connectivity index (χ2n) is 3.45. The lowest BCUT2D eigenvalue weighted by Gasteiger charge is -2.15. The smallest absolute Gasteiger partial charge is 0.211 e. The molecule has 0 saturated heterocycles. The van der Waals surface area contributed by atoms with Crippen molar-refractivity contribution >= 4 is 10.0 Å². The Kier molecular flexibility index (Phi) is 7.95. The molecule has 5 nitrogen and oxygen atoms in total. The number of nitrogens with one attached hydrogen (secondary N) is 2. The average molecular weight is 238 g/mol. The van der Waals surface area contributed by atoms with Crippen LogP contribution in [0.15, 0.2) is 0 Å². The Bertz CT molecular complexity index is 242. The second kappa shape index (κ2) is 8.04. The summed E-state index contributed by atoms with van der Waals surface area (Å²) in [5, 5.41) is 2.92. The van der Waals surface area contributed by atoms with E-state index in [1.54, 1.807) is 14.2 Å². The first-order valence-corrected chi connectivity index (χ1v) is 6.84. The van der Waals surface area contributed by atoms with E-state index in [1.165, 1.54) is 0 Å². The minimum atomic E-state index is -3.16. The third-order valence-electron chi connectivity index (χ3n) is 2.05. The van der Waals surface area contributed by atoms with E-state index in [1.807, 2.05) is 6.92 Å². The minimum absolute atomic E-state index is 0.116. The van der Waals surface area contributed by atoms with Crippen molar-refractivity contribution in [3.63, 3.8) is 0 Å². The molecular weight excluding hydrogens is 216 g/mol.